The number of carbonyl (C=O) groups excluding carboxylic acids is 1. The summed E-state index contributed by atoms with van der Waals surface area (Å²) in [5.74, 6) is 1.23. The van der Waals surface area contributed by atoms with Crippen molar-refractivity contribution in [3.63, 3.8) is 0 Å². The van der Waals surface area contributed by atoms with E-state index in [0.29, 0.717) is 36.6 Å². The van der Waals surface area contributed by atoms with E-state index in [-0.39, 0.29) is 34.2 Å². The number of sulfonamides is 1. The van der Waals surface area contributed by atoms with Crippen molar-refractivity contribution in [2.45, 2.75) is 43.5 Å². The highest BCUT2D eigenvalue weighted by molar-refractivity contribution is 7.89. The molecule has 10 heteroatoms. The molecule has 1 heterocycles. The lowest BCUT2D eigenvalue weighted by molar-refractivity contribution is 0.0946. The van der Waals surface area contributed by atoms with Gasteiger partial charge in [-0.15, -0.1) is 12.4 Å². The van der Waals surface area contributed by atoms with Gasteiger partial charge in [-0.25, -0.2) is 8.42 Å². The van der Waals surface area contributed by atoms with Crippen LogP contribution in [0, 0.1) is 0 Å². The summed E-state index contributed by atoms with van der Waals surface area (Å²) < 4.78 is 38.6. The zero-order valence-corrected chi connectivity index (χ0v) is 22.6. The fourth-order valence-electron chi connectivity index (χ4n) is 5.15. The molecular weight excluding hydrogens is 511 g/mol. The molecule has 1 aliphatic carbocycles. The molecule has 2 aromatic rings. The first-order valence-corrected chi connectivity index (χ1v) is 13.4. The second kappa shape index (κ2) is 11.5. The van der Waals surface area contributed by atoms with E-state index in [1.54, 1.807) is 38.5 Å². The highest BCUT2D eigenvalue weighted by atomic mass is 35.5. The normalized spacial score (nSPS) is 17.3. The van der Waals surface area contributed by atoms with Crippen molar-refractivity contribution in [3.8, 4) is 11.5 Å². The Bertz CT molecular complexity index is 1190. The second-order valence-electron chi connectivity index (χ2n) is 8.62. The van der Waals surface area contributed by atoms with E-state index >= 15 is 0 Å². The third-order valence-corrected chi connectivity index (χ3v) is 9.28. The Balaban J connectivity index is 0.00000342. The average molecular weight is 544 g/mol. The quantitative estimate of drug-likeness (QED) is 0.403. The molecule has 0 N–H and O–H groups in total. The molecule has 0 saturated heterocycles. The predicted octanol–water partition coefficient (Wildman–Crippen LogP) is 4.76. The molecule has 0 fully saturated rings. The van der Waals surface area contributed by atoms with E-state index in [2.05, 4.69) is 4.90 Å². The molecular formula is C25H32Cl2N2O5S. The molecule has 1 unspecified atom stereocenters. The first-order valence-electron chi connectivity index (χ1n) is 11.6. The Hall–Kier alpha value is -1.84. The van der Waals surface area contributed by atoms with Gasteiger partial charge in [0.05, 0.1) is 24.8 Å². The smallest absolute Gasteiger partial charge is 0.244 e. The van der Waals surface area contributed by atoms with Crippen molar-refractivity contribution in [1.29, 1.82) is 0 Å². The molecule has 192 valence electrons. The number of unbranched alkanes of at least 4 members (excludes halogenated alkanes) is 1. The van der Waals surface area contributed by atoms with E-state index in [0.717, 1.165) is 43.5 Å². The minimum absolute atomic E-state index is 0. The number of methoxy groups -OCH3 is 2. The summed E-state index contributed by atoms with van der Waals surface area (Å²) >= 11 is 6.15. The van der Waals surface area contributed by atoms with Crippen LogP contribution in [0.1, 0.15) is 53.7 Å². The fourth-order valence-corrected chi connectivity index (χ4v) is 7.13. The molecule has 0 saturated carbocycles. The summed E-state index contributed by atoms with van der Waals surface area (Å²) in [7, 11) is -0.479. The number of halogens is 2. The number of hydrogen-bond acceptors (Lipinski definition) is 6. The van der Waals surface area contributed by atoms with Crippen LogP contribution in [0.2, 0.25) is 5.02 Å². The van der Waals surface area contributed by atoms with Gasteiger partial charge in [-0.2, -0.15) is 4.31 Å². The fraction of sp³-hybridized carbons (Fsp3) is 0.480. The van der Waals surface area contributed by atoms with Crippen LogP contribution in [0.3, 0.4) is 0 Å². The Labute approximate surface area is 218 Å². The van der Waals surface area contributed by atoms with E-state index in [4.69, 9.17) is 21.1 Å². The number of nitrogens with zero attached hydrogens (tertiary/aromatic N) is 2. The van der Waals surface area contributed by atoms with Crippen LogP contribution in [0.4, 0.5) is 0 Å². The van der Waals surface area contributed by atoms with Gasteiger partial charge in [0.15, 0.2) is 17.3 Å². The van der Waals surface area contributed by atoms with E-state index in [1.165, 1.54) is 4.31 Å². The Morgan fingerprint density at radius 2 is 1.91 bits per heavy atom. The van der Waals surface area contributed by atoms with Crippen molar-refractivity contribution in [1.82, 2.24) is 9.21 Å². The van der Waals surface area contributed by atoms with E-state index < -0.39 is 10.0 Å². The molecule has 0 aromatic heterocycles. The van der Waals surface area contributed by atoms with Crippen molar-refractivity contribution in [2.75, 3.05) is 40.4 Å². The average Bonchev–Trinajstić information content (AvgIpc) is 3.18. The van der Waals surface area contributed by atoms with Gasteiger partial charge < -0.3 is 9.47 Å². The maximum atomic E-state index is 13.0. The number of ketones is 1. The van der Waals surface area contributed by atoms with Gasteiger partial charge in [-0.05, 0) is 55.1 Å². The first-order chi connectivity index (χ1) is 16.3. The number of ether oxygens (including phenoxy) is 2. The van der Waals surface area contributed by atoms with Gasteiger partial charge in [-0.1, -0.05) is 30.7 Å². The molecule has 0 radical (unpaired) electrons. The molecule has 4 rings (SSSR count). The molecule has 2 aliphatic rings. The topological polar surface area (TPSA) is 76.2 Å². The van der Waals surface area contributed by atoms with Crippen LogP contribution in [0.15, 0.2) is 35.2 Å². The van der Waals surface area contributed by atoms with Crippen LogP contribution >= 0.6 is 24.0 Å². The maximum Gasteiger partial charge on any atom is 0.244 e. The van der Waals surface area contributed by atoms with Crippen molar-refractivity contribution < 1.29 is 22.7 Å². The third kappa shape index (κ3) is 5.18. The van der Waals surface area contributed by atoms with E-state index in [1.807, 2.05) is 13.0 Å². The minimum atomic E-state index is -3.64. The highest BCUT2D eigenvalue weighted by Crippen LogP contribution is 2.48. The second-order valence-corrected chi connectivity index (χ2v) is 10.9. The third-order valence-electron chi connectivity index (χ3n) is 6.81. The molecule has 0 spiro atoms. The summed E-state index contributed by atoms with van der Waals surface area (Å²) in [6.07, 6.45) is 2.83. The van der Waals surface area contributed by atoms with Gasteiger partial charge >= 0.3 is 0 Å². The lowest BCUT2D eigenvalue weighted by Crippen LogP contribution is -2.36. The van der Waals surface area contributed by atoms with Crippen molar-refractivity contribution >= 4 is 39.8 Å². The van der Waals surface area contributed by atoms with Crippen LogP contribution in [-0.4, -0.2) is 63.8 Å². The molecule has 2 aromatic carbocycles. The van der Waals surface area contributed by atoms with Gasteiger partial charge in [-0.3, -0.25) is 9.69 Å². The van der Waals surface area contributed by atoms with Crippen LogP contribution in [0.5, 0.6) is 11.5 Å². The van der Waals surface area contributed by atoms with Gasteiger partial charge in [0, 0.05) is 32.1 Å². The number of hydrogen-bond donors (Lipinski definition) is 0. The summed E-state index contributed by atoms with van der Waals surface area (Å²) in [5, 5.41) is 0.238. The molecule has 0 amide bonds. The Morgan fingerprint density at radius 3 is 2.57 bits per heavy atom. The van der Waals surface area contributed by atoms with Crippen molar-refractivity contribution in [2.24, 2.45) is 0 Å². The molecule has 1 atom stereocenters. The lowest BCUT2D eigenvalue weighted by atomic mass is 9.92. The monoisotopic (exact) mass is 542 g/mol. The largest absolute Gasteiger partial charge is 0.493 e. The van der Waals surface area contributed by atoms with Crippen LogP contribution in [-0.2, 0) is 16.4 Å². The SMILES string of the molecule is CCN(CCCCN1CCc2cc(OC)c(OC)c3c2C1CC3=O)S(=O)(=O)c1ccccc1Cl.Cl. The standard InChI is InChI=1S/C25H31ClN2O5S.ClH/c1-4-28(34(30,31)22-10-6-5-9-18(22)26)13-8-7-12-27-14-11-17-15-21(32-2)25(33-3)24-20(29)16-19(27)23(17)24;/h5-6,9-10,15,19H,4,7-8,11-14,16H2,1-3H3;1H. The van der Waals surface area contributed by atoms with Gasteiger partial charge in [0.1, 0.15) is 4.90 Å². The predicted molar refractivity (Wildman–Crippen MR) is 139 cm³/mol. The molecule has 35 heavy (non-hydrogen) atoms. The summed E-state index contributed by atoms with van der Waals surface area (Å²) in [6.45, 7) is 4.30. The minimum Gasteiger partial charge on any atom is -0.493 e. The number of benzene rings is 2. The van der Waals surface area contributed by atoms with E-state index in [9.17, 15) is 13.2 Å². The first kappa shape index (κ1) is 27.7. The number of rotatable bonds is 10. The summed E-state index contributed by atoms with van der Waals surface area (Å²) in [4.78, 5) is 15.4. The summed E-state index contributed by atoms with van der Waals surface area (Å²) in [6, 6.07) is 8.59. The van der Waals surface area contributed by atoms with Gasteiger partial charge in [0.25, 0.3) is 0 Å². The zero-order chi connectivity index (χ0) is 24.5. The van der Waals surface area contributed by atoms with Crippen LogP contribution < -0.4 is 9.47 Å². The number of carbonyl (C=O) groups is 1. The highest BCUT2D eigenvalue weighted by Gasteiger charge is 2.41. The summed E-state index contributed by atoms with van der Waals surface area (Å²) in [5.41, 5.74) is 2.89. The molecule has 0 bridgehead atoms. The van der Waals surface area contributed by atoms with Crippen LogP contribution in [0.25, 0.3) is 0 Å². The number of Topliss-reactive ketones (excluding diaryl/α,β-unsaturated/α-hetero) is 1. The maximum absolute atomic E-state index is 13.0. The zero-order valence-electron chi connectivity index (χ0n) is 20.3. The molecule has 7 nitrogen and oxygen atoms in total. The van der Waals surface area contributed by atoms with Gasteiger partial charge in [0.2, 0.25) is 10.0 Å². The molecule has 1 aliphatic heterocycles. The Kier molecular flexibility index (Phi) is 9.10. The Morgan fingerprint density at radius 1 is 1.17 bits per heavy atom. The van der Waals surface area contributed by atoms with Crippen molar-refractivity contribution in [3.05, 3.63) is 52.0 Å². The lowest BCUT2D eigenvalue weighted by Gasteiger charge is -2.35.